The Kier molecular flexibility index (Phi) is 5.47. The van der Waals surface area contributed by atoms with Gasteiger partial charge in [-0.05, 0) is 17.7 Å². The quantitative estimate of drug-likeness (QED) is 0.539. The minimum atomic E-state index is 0.307. The van der Waals surface area contributed by atoms with Crippen LogP contribution in [0.3, 0.4) is 0 Å². The molecular formula is C15H20N2O2. The van der Waals surface area contributed by atoms with Crippen LogP contribution < -0.4 is 10.6 Å². The molecule has 0 atom stereocenters. The van der Waals surface area contributed by atoms with Crippen LogP contribution in [-0.2, 0) is 9.47 Å². The molecule has 2 rings (SSSR count). The van der Waals surface area contributed by atoms with Crippen molar-refractivity contribution in [3.63, 3.8) is 0 Å². The summed E-state index contributed by atoms with van der Waals surface area (Å²) in [6.45, 7) is 7.51. The van der Waals surface area contributed by atoms with Crippen LogP contribution in [0, 0.1) is 0 Å². The highest BCUT2D eigenvalue weighted by atomic mass is 16.7. The van der Waals surface area contributed by atoms with Crippen molar-refractivity contribution in [3.05, 3.63) is 60.1 Å². The lowest BCUT2D eigenvalue weighted by molar-refractivity contribution is 0.0977. The number of hydrogen-bond donors (Lipinski definition) is 2. The fourth-order valence-corrected chi connectivity index (χ4v) is 1.79. The zero-order valence-corrected chi connectivity index (χ0v) is 11.0. The summed E-state index contributed by atoms with van der Waals surface area (Å²) >= 11 is 0. The molecule has 19 heavy (non-hydrogen) atoms. The zero-order chi connectivity index (χ0) is 13.3. The molecule has 4 nitrogen and oxygen atoms in total. The van der Waals surface area contributed by atoms with Gasteiger partial charge in [0.1, 0.15) is 0 Å². The van der Waals surface area contributed by atoms with Gasteiger partial charge in [0, 0.05) is 26.2 Å². The van der Waals surface area contributed by atoms with Crippen LogP contribution in [-0.4, -0.2) is 33.0 Å². The number of ether oxygens (including phenoxy) is 2. The maximum Gasteiger partial charge on any atom is 0.231 e. The third kappa shape index (κ3) is 4.43. The van der Waals surface area contributed by atoms with E-state index >= 15 is 0 Å². The van der Waals surface area contributed by atoms with Gasteiger partial charge in [-0.2, -0.15) is 0 Å². The molecule has 0 aromatic carbocycles. The van der Waals surface area contributed by atoms with E-state index in [1.807, 2.05) is 24.3 Å². The van der Waals surface area contributed by atoms with Gasteiger partial charge < -0.3 is 20.1 Å². The van der Waals surface area contributed by atoms with Crippen LogP contribution in [0.4, 0.5) is 0 Å². The number of rotatable bonds is 7. The van der Waals surface area contributed by atoms with E-state index in [0.29, 0.717) is 6.79 Å². The molecule has 0 unspecified atom stereocenters. The number of nitrogens with one attached hydrogen (secondary N) is 2. The van der Waals surface area contributed by atoms with Crippen LogP contribution in [0.2, 0.25) is 0 Å². The van der Waals surface area contributed by atoms with Crippen LogP contribution in [0.5, 0.6) is 0 Å². The second kappa shape index (κ2) is 7.61. The fourth-order valence-electron chi connectivity index (χ4n) is 1.79. The number of fused-ring (bicyclic) bond motifs is 1. The summed E-state index contributed by atoms with van der Waals surface area (Å²) in [6, 6.07) is 0. The fraction of sp³-hybridized carbons (Fsp3) is 0.333. The Balaban J connectivity index is 1.76. The molecule has 1 aliphatic carbocycles. The summed E-state index contributed by atoms with van der Waals surface area (Å²) in [4.78, 5) is 0. The Hall–Kier alpha value is -1.78. The lowest BCUT2D eigenvalue weighted by Crippen LogP contribution is -2.28. The van der Waals surface area contributed by atoms with Crippen LogP contribution in [0.1, 0.15) is 0 Å². The van der Waals surface area contributed by atoms with Gasteiger partial charge in [0.25, 0.3) is 0 Å². The number of allylic oxidation sites excluding steroid dienone is 4. The zero-order valence-electron chi connectivity index (χ0n) is 11.0. The summed E-state index contributed by atoms with van der Waals surface area (Å²) in [5.41, 5.74) is 1.21. The third-order valence-electron chi connectivity index (χ3n) is 2.77. The van der Waals surface area contributed by atoms with E-state index < -0.39 is 0 Å². The van der Waals surface area contributed by atoms with Gasteiger partial charge in [-0.1, -0.05) is 24.3 Å². The first-order chi connectivity index (χ1) is 9.40. The van der Waals surface area contributed by atoms with Gasteiger partial charge in [0.2, 0.25) is 6.79 Å². The molecule has 0 bridgehead atoms. The molecule has 0 saturated carbocycles. The molecule has 0 amide bonds. The molecule has 1 aliphatic heterocycles. The summed E-state index contributed by atoms with van der Waals surface area (Å²) in [7, 11) is 0. The minimum absolute atomic E-state index is 0.307. The van der Waals surface area contributed by atoms with E-state index in [-0.39, 0.29) is 0 Å². The summed E-state index contributed by atoms with van der Waals surface area (Å²) in [5.74, 6) is 1.60. The van der Waals surface area contributed by atoms with Crippen LogP contribution in [0.15, 0.2) is 60.1 Å². The van der Waals surface area contributed by atoms with Crippen molar-refractivity contribution in [1.82, 2.24) is 10.6 Å². The van der Waals surface area contributed by atoms with Gasteiger partial charge in [-0.3, -0.25) is 0 Å². The van der Waals surface area contributed by atoms with Gasteiger partial charge in [0.05, 0.1) is 0 Å². The molecule has 1 heterocycles. The molecule has 0 aromatic rings. The number of hydrogen-bond acceptors (Lipinski definition) is 4. The van der Waals surface area contributed by atoms with Crippen molar-refractivity contribution in [1.29, 1.82) is 0 Å². The molecular weight excluding hydrogens is 240 g/mol. The van der Waals surface area contributed by atoms with Crippen molar-refractivity contribution in [3.8, 4) is 0 Å². The van der Waals surface area contributed by atoms with Crippen molar-refractivity contribution in [2.24, 2.45) is 0 Å². The monoisotopic (exact) mass is 260 g/mol. The van der Waals surface area contributed by atoms with Crippen LogP contribution >= 0.6 is 0 Å². The maximum absolute atomic E-state index is 5.36. The predicted molar refractivity (Wildman–Crippen MR) is 76.4 cm³/mol. The van der Waals surface area contributed by atoms with E-state index in [4.69, 9.17) is 9.47 Å². The molecule has 0 aromatic heterocycles. The second-order valence-corrected chi connectivity index (χ2v) is 4.24. The lowest BCUT2D eigenvalue weighted by Gasteiger charge is -2.07. The maximum atomic E-state index is 5.36. The smallest absolute Gasteiger partial charge is 0.231 e. The minimum Gasteiger partial charge on any atom is -0.454 e. The Bertz CT molecular complexity index is 433. The summed E-state index contributed by atoms with van der Waals surface area (Å²) in [6.07, 6.45) is 11.9. The molecule has 1 fully saturated rings. The van der Waals surface area contributed by atoms with E-state index in [9.17, 15) is 0 Å². The van der Waals surface area contributed by atoms with Gasteiger partial charge in [-0.15, -0.1) is 6.58 Å². The Morgan fingerprint density at radius 2 is 1.89 bits per heavy atom. The van der Waals surface area contributed by atoms with Crippen molar-refractivity contribution >= 4 is 0 Å². The first kappa shape index (κ1) is 13.6. The van der Waals surface area contributed by atoms with E-state index in [1.54, 1.807) is 0 Å². The highest BCUT2D eigenvalue weighted by Crippen LogP contribution is 2.22. The molecule has 2 N–H and O–H groups in total. The van der Waals surface area contributed by atoms with Crippen molar-refractivity contribution < 1.29 is 9.47 Å². The Morgan fingerprint density at radius 3 is 2.74 bits per heavy atom. The molecule has 0 spiro atoms. The average molecular weight is 260 g/mol. The molecule has 4 heteroatoms. The van der Waals surface area contributed by atoms with Gasteiger partial charge >= 0.3 is 0 Å². The SMILES string of the molecule is C=CCNCCNCC1=CC=C2OCOC2=CC=C1. The van der Waals surface area contributed by atoms with Gasteiger partial charge in [0.15, 0.2) is 11.5 Å². The lowest BCUT2D eigenvalue weighted by atomic mass is 10.1. The summed E-state index contributed by atoms with van der Waals surface area (Å²) < 4.78 is 10.7. The Morgan fingerprint density at radius 1 is 1.11 bits per heavy atom. The largest absolute Gasteiger partial charge is 0.454 e. The normalized spacial score (nSPS) is 17.2. The van der Waals surface area contributed by atoms with E-state index in [0.717, 1.165) is 37.7 Å². The van der Waals surface area contributed by atoms with Crippen molar-refractivity contribution in [2.45, 2.75) is 0 Å². The summed E-state index contributed by atoms with van der Waals surface area (Å²) in [5, 5.41) is 6.63. The first-order valence-electron chi connectivity index (χ1n) is 6.47. The highest BCUT2D eigenvalue weighted by Gasteiger charge is 2.15. The van der Waals surface area contributed by atoms with Crippen LogP contribution in [0.25, 0.3) is 0 Å². The molecule has 102 valence electrons. The second-order valence-electron chi connectivity index (χ2n) is 4.24. The van der Waals surface area contributed by atoms with E-state index in [2.05, 4.69) is 29.4 Å². The first-order valence-corrected chi connectivity index (χ1v) is 6.47. The average Bonchev–Trinajstić information content (AvgIpc) is 2.82. The highest BCUT2D eigenvalue weighted by molar-refractivity contribution is 5.37. The Labute approximate surface area is 114 Å². The van der Waals surface area contributed by atoms with Crippen molar-refractivity contribution in [2.75, 3.05) is 33.0 Å². The molecule has 0 radical (unpaired) electrons. The third-order valence-corrected chi connectivity index (χ3v) is 2.77. The predicted octanol–water partition coefficient (Wildman–Crippen LogP) is 1.62. The van der Waals surface area contributed by atoms with E-state index in [1.165, 1.54) is 5.57 Å². The topological polar surface area (TPSA) is 42.5 Å². The standard InChI is InChI=1S/C15H20N2O2/c1-2-8-16-9-10-17-11-13-4-3-5-14-15(7-6-13)19-12-18-14/h2-7,16-17H,1,8-12H2. The van der Waals surface area contributed by atoms with Gasteiger partial charge in [-0.25, -0.2) is 0 Å². The molecule has 2 aliphatic rings. The molecule has 1 saturated heterocycles.